The van der Waals surface area contributed by atoms with Gasteiger partial charge in [0.2, 0.25) is 0 Å². The fraction of sp³-hybridized carbons (Fsp3) is 0.364. The van der Waals surface area contributed by atoms with Crippen LogP contribution in [0.1, 0.15) is 22.8 Å². The zero-order chi connectivity index (χ0) is 11.4. The van der Waals surface area contributed by atoms with E-state index < -0.39 is 0 Å². The molecule has 1 amide bonds. The molecule has 0 saturated carbocycles. The van der Waals surface area contributed by atoms with Gasteiger partial charge in [-0.25, -0.2) is 0 Å². The Labute approximate surface area is 104 Å². The minimum Gasteiger partial charge on any atom is -0.348 e. The summed E-state index contributed by atoms with van der Waals surface area (Å²) in [6, 6.07) is 5.71. The summed E-state index contributed by atoms with van der Waals surface area (Å²) in [4.78, 5) is 11.8. The van der Waals surface area contributed by atoms with Crippen LogP contribution in [0.15, 0.2) is 18.2 Å². The van der Waals surface area contributed by atoms with Crippen LogP contribution in [0, 0.1) is 10.5 Å². The highest BCUT2D eigenvalue weighted by Crippen LogP contribution is 2.16. The van der Waals surface area contributed by atoms with E-state index in [-0.39, 0.29) is 11.9 Å². The van der Waals surface area contributed by atoms with E-state index in [0.29, 0.717) is 6.54 Å². The zero-order valence-electron chi connectivity index (χ0n) is 8.88. The second kappa shape index (κ2) is 5.46. The van der Waals surface area contributed by atoms with Crippen molar-refractivity contribution in [3.63, 3.8) is 0 Å². The predicted octanol–water partition coefficient (Wildman–Crippen LogP) is 1.68. The van der Waals surface area contributed by atoms with Crippen molar-refractivity contribution in [1.82, 2.24) is 5.32 Å². The number of halogens is 1. The lowest BCUT2D eigenvalue weighted by Crippen LogP contribution is -2.38. The highest BCUT2D eigenvalue weighted by atomic mass is 127. The molecule has 0 unspecified atom stereocenters. The third kappa shape index (κ3) is 3.17. The Morgan fingerprint density at radius 2 is 2.27 bits per heavy atom. The third-order valence-electron chi connectivity index (χ3n) is 2.17. The van der Waals surface area contributed by atoms with Crippen LogP contribution in [0.3, 0.4) is 0 Å². The minimum absolute atomic E-state index is 0.00816. The zero-order valence-corrected chi connectivity index (χ0v) is 11.0. The van der Waals surface area contributed by atoms with E-state index in [1.54, 1.807) is 0 Å². The van der Waals surface area contributed by atoms with Gasteiger partial charge >= 0.3 is 0 Å². The number of hydrogen-bond donors (Lipinski definition) is 2. The molecule has 0 saturated heterocycles. The van der Waals surface area contributed by atoms with Crippen LogP contribution in [-0.4, -0.2) is 18.5 Å². The smallest absolute Gasteiger partial charge is 0.252 e. The lowest BCUT2D eigenvalue weighted by Gasteiger charge is -2.12. The van der Waals surface area contributed by atoms with E-state index in [0.717, 1.165) is 14.7 Å². The van der Waals surface area contributed by atoms with Crippen LogP contribution in [0.5, 0.6) is 0 Å². The topological polar surface area (TPSA) is 55.1 Å². The number of rotatable bonds is 3. The summed E-state index contributed by atoms with van der Waals surface area (Å²) in [7, 11) is 0. The molecule has 1 aromatic rings. The van der Waals surface area contributed by atoms with Gasteiger partial charge in [-0.3, -0.25) is 4.79 Å². The van der Waals surface area contributed by atoms with Crippen molar-refractivity contribution in [3.05, 3.63) is 32.9 Å². The molecule has 0 spiro atoms. The molecule has 3 N–H and O–H groups in total. The van der Waals surface area contributed by atoms with Crippen LogP contribution >= 0.6 is 22.6 Å². The van der Waals surface area contributed by atoms with Crippen molar-refractivity contribution in [2.75, 3.05) is 6.54 Å². The van der Waals surface area contributed by atoms with Crippen molar-refractivity contribution >= 4 is 28.5 Å². The fourth-order valence-electron chi connectivity index (χ4n) is 1.18. The molecule has 3 nitrogen and oxygen atoms in total. The average molecular weight is 318 g/mol. The van der Waals surface area contributed by atoms with E-state index in [9.17, 15) is 4.79 Å². The average Bonchev–Trinajstić information content (AvgIpc) is 2.21. The number of amides is 1. The summed E-state index contributed by atoms with van der Waals surface area (Å²) in [5.41, 5.74) is 7.28. The molecule has 0 aliphatic heterocycles. The monoisotopic (exact) mass is 318 g/mol. The Morgan fingerprint density at radius 3 is 2.87 bits per heavy atom. The van der Waals surface area contributed by atoms with Crippen LogP contribution < -0.4 is 11.1 Å². The van der Waals surface area contributed by atoms with Gasteiger partial charge in [0.1, 0.15) is 0 Å². The molecule has 0 fully saturated rings. The first-order valence-corrected chi connectivity index (χ1v) is 5.90. The molecule has 15 heavy (non-hydrogen) atoms. The summed E-state index contributed by atoms with van der Waals surface area (Å²) in [6.07, 6.45) is 0. The molecule has 0 aliphatic rings. The van der Waals surface area contributed by atoms with E-state index >= 15 is 0 Å². The SMILES string of the molecule is Cc1cccc(C(=O)N[C@H](C)CN)c1I. The van der Waals surface area contributed by atoms with Gasteiger partial charge in [-0.1, -0.05) is 12.1 Å². The number of hydrogen-bond acceptors (Lipinski definition) is 2. The maximum absolute atomic E-state index is 11.8. The molecule has 1 rings (SSSR count). The number of aryl methyl sites for hydroxylation is 1. The Bertz CT molecular complexity index is 366. The van der Waals surface area contributed by atoms with E-state index in [4.69, 9.17) is 5.73 Å². The summed E-state index contributed by atoms with van der Waals surface area (Å²) in [6.45, 7) is 4.33. The number of carbonyl (C=O) groups is 1. The summed E-state index contributed by atoms with van der Waals surface area (Å²) in [5, 5.41) is 2.85. The quantitative estimate of drug-likeness (QED) is 0.833. The van der Waals surface area contributed by atoms with E-state index in [1.165, 1.54) is 0 Å². The highest BCUT2D eigenvalue weighted by molar-refractivity contribution is 14.1. The van der Waals surface area contributed by atoms with Crippen LogP contribution in [0.25, 0.3) is 0 Å². The third-order valence-corrected chi connectivity index (χ3v) is 3.60. The second-order valence-corrected chi connectivity index (χ2v) is 4.63. The number of carbonyl (C=O) groups excluding carboxylic acids is 1. The Morgan fingerprint density at radius 1 is 1.60 bits per heavy atom. The van der Waals surface area contributed by atoms with Crippen molar-refractivity contribution < 1.29 is 4.79 Å². The summed E-state index contributed by atoms with van der Waals surface area (Å²) >= 11 is 2.19. The predicted molar refractivity (Wildman–Crippen MR) is 69.9 cm³/mol. The van der Waals surface area contributed by atoms with Crippen LogP contribution in [0.2, 0.25) is 0 Å². The van der Waals surface area contributed by atoms with E-state index in [1.807, 2.05) is 32.0 Å². The molecular formula is C11H15IN2O. The largest absolute Gasteiger partial charge is 0.348 e. The lowest BCUT2D eigenvalue weighted by molar-refractivity contribution is 0.0940. The van der Waals surface area contributed by atoms with Gasteiger partial charge in [-0.2, -0.15) is 0 Å². The van der Waals surface area contributed by atoms with Crippen molar-refractivity contribution in [2.45, 2.75) is 19.9 Å². The van der Waals surface area contributed by atoms with Gasteiger partial charge in [0.25, 0.3) is 5.91 Å². The molecular weight excluding hydrogens is 303 g/mol. The first-order chi connectivity index (χ1) is 7.06. The van der Waals surface area contributed by atoms with Crippen molar-refractivity contribution in [3.8, 4) is 0 Å². The van der Waals surface area contributed by atoms with Crippen LogP contribution in [0.4, 0.5) is 0 Å². The number of nitrogens with one attached hydrogen (secondary N) is 1. The van der Waals surface area contributed by atoms with Crippen molar-refractivity contribution in [2.24, 2.45) is 5.73 Å². The van der Waals surface area contributed by atoms with Gasteiger partial charge in [-0.05, 0) is 48.1 Å². The van der Waals surface area contributed by atoms with Gasteiger partial charge in [0.05, 0.1) is 5.56 Å². The first kappa shape index (κ1) is 12.4. The highest BCUT2D eigenvalue weighted by Gasteiger charge is 2.12. The number of nitrogens with two attached hydrogens (primary N) is 1. The molecule has 0 bridgehead atoms. The normalized spacial score (nSPS) is 12.3. The Hall–Kier alpha value is -0.620. The van der Waals surface area contributed by atoms with Gasteiger partial charge in [-0.15, -0.1) is 0 Å². The molecule has 0 heterocycles. The molecule has 0 aliphatic carbocycles. The standard InChI is InChI=1S/C11H15IN2O/c1-7-4-3-5-9(10(7)12)11(15)14-8(2)6-13/h3-5,8H,6,13H2,1-2H3,(H,14,15)/t8-/m1/s1. The lowest BCUT2D eigenvalue weighted by atomic mass is 10.1. The van der Waals surface area contributed by atoms with Crippen LogP contribution in [-0.2, 0) is 0 Å². The molecule has 0 radical (unpaired) electrons. The second-order valence-electron chi connectivity index (χ2n) is 3.55. The van der Waals surface area contributed by atoms with Crippen molar-refractivity contribution in [1.29, 1.82) is 0 Å². The maximum Gasteiger partial charge on any atom is 0.252 e. The maximum atomic E-state index is 11.8. The van der Waals surface area contributed by atoms with Gasteiger partial charge < -0.3 is 11.1 Å². The number of benzene rings is 1. The Balaban J connectivity index is 2.87. The first-order valence-electron chi connectivity index (χ1n) is 4.82. The minimum atomic E-state index is -0.0546. The molecule has 1 aromatic carbocycles. The van der Waals surface area contributed by atoms with Gasteiger partial charge in [0.15, 0.2) is 0 Å². The Kier molecular flexibility index (Phi) is 4.53. The fourth-order valence-corrected chi connectivity index (χ4v) is 1.79. The molecule has 0 aromatic heterocycles. The van der Waals surface area contributed by atoms with E-state index in [2.05, 4.69) is 27.9 Å². The summed E-state index contributed by atoms with van der Waals surface area (Å²) < 4.78 is 0.997. The summed E-state index contributed by atoms with van der Waals surface area (Å²) in [5.74, 6) is -0.0546. The molecule has 82 valence electrons. The molecule has 1 atom stereocenters. The van der Waals surface area contributed by atoms with Gasteiger partial charge in [0, 0.05) is 16.2 Å². The molecule has 4 heteroatoms.